The van der Waals surface area contributed by atoms with E-state index >= 15 is 0 Å². The Morgan fingerprint density at radius 3 is 2.18 bits per heavy atom. The molecule has 0 fully saturated rings. The molecule has 0 radical (unpaired) electrons. The molecule has 0 aliphatic rings. The van der Waals surface area contributed by atoms with Crippen molar-refractivity contribution >= 4 is 40.2 Å². The Hall–Kier alpha value is -4.76. The van der Waals surface area contributed by atoms with Gasteiger partial charge in [0.1, 0.15) is 12.6 Å². The Bertz CT molecular complexity index is 1440. The van der Waals surface area contributed by atoms with Crippen molar-refractivity contribution in [3.05, 3.63) is 104 Å². The molecule has 44 heavy (non-hydrogen) atoms. The molecular weight excluding hydrogens is 558 g/mol. The summed E-state index contributed by atoms with van der Waals surface area (Å²) in [5, 5.41) is 19.3. The number of carbonyl (C=O) groups excluding carboxylic acids is 4. The van der Waals surface area contributed by atoms with Crippen molar-refractivity contribution in [2.24, 2.45) is 11.8 Å². The van der Waals surface area contributed by atoms with Crippen molar-refractivity contribution in [3.63, 3.8) is 0 Å². The lowest BCUT2D eigenvalue weighted by Gasteiger charge is -2.23. The van der Waals surface area contributed by atoms with Crippen LogP contribution in [-0.4, -0.2) is 54.1 Å². The summed E-state index contributed by atoms with van der Waals surface area (Å²) in [5.41, 5.74) is 1.46. The van der Waals surface area contributed by atoms with E-state index in [9.17, 15) is 24.3 Å². The number of anilines is 1. The lowest BCUT2D eigenvalue weighted by atomic mass is 9.96. The maximum absolute atomic E-state index is 13.5. The summed E-state index contributed by atoms with van der Waals surface area (Å²) < 4.78 is 5.62. The highest BCUT2D eigenvalue weighted by molar-refractivity contribution is 5.99. The van der Waals surface area contributed by atoms with Crippen LogP contribution in [0, 0.1) is 11.8 Å². The molecule has 0 aliphatic carbocycles. The Morgan fingerprint density at radius 2 is 1.50 bits per heavy atom. The number of amides is 3. The van der Waals surface area contributed by atoms with Gasteiger partial charge in [-0.3, -0.25) is 19.2 Å². The van der Waals surface area contributed by atoms with Crippen LogP contribution in [0.1, 0.15) is 31.7 Å². The minimum atomic E-state index is -1.24. The Balaban J connectivity index is 1.78. The summed E-state index contributed by atoms with van der Waals surface area (Å²) in [7, 11) is 0. The van der Waals surface area contributed by atoms with E-state index in [0.29, 0.717) is 18.5 Å². The standard InChI is InChI=1S/C35H41N3O6/c1-4-11-28(21-32(40)36-24(3)22-39)33(41)38-31(34(42)37-30-18-17-26-15-9-10-16-27(26)20-30)23-44-35(43)29(12-5-2)19-25-13-7-6-8-14-25/h4-10,13-18,20,24,28-29,31,39H,1-2,11-12,19,21-23H2,3H3,(H,36,40)(H,37,42)(H,38,41)/t24-,28+,29-,31-/m0/s1. The van der Waals surface area contributed by atoms with Gasteiger partial charge in [0, 0.05) is 18.2 Å². The van der Waals surface area contributed by atoms with Gasteiger partial charge in [0.2, 0.25) is 11.8 Å². The molecule has 0 saturated heterocycles. The summed E-state index contributed by atoms with van der Waals surface area (Å²) in [4.78, 5) is 52.5. The predicted molar refractivity (Wildman–Crippen MR) is 172 cm³/mol. The number of rotatable bonds is 17. The molecular formula is C35H41N3O6. The fourth-order valence-electron chi connectivity index (χ4n) is 4.70. The monoisotopic (exact) mass is 599 g/mol. The van der Waals surface area contributed by atoms with Gasteiger partial charge < -0.3 is 25.8 Å². The molecule has 0 unspecified atom stereocenters. The minimum Gasteiger partial charge on any atom is -0.463 e. The number of hydrogen-bond donors (Lipinski definition) is 4. The number of aliphatic hydroxyl groups excluding tert-OH is 1. The van der Waals surface area contributed by atoms with Crippen molar-refractivity contribution in [2.75, 3.05) is 18.5 Å². The topological polar surface area (TPSA) is 134 Å². The third kappa shape index (κ3) is 10.5. The molecule has 0 aliphatic heterocycles. The number of aliphatic hydroxyl groups is 1. The van der Waals surface area contributed by atoms with Crippen molar-refractivity contribution < 1.29 is 29.0 Å². The second kappa shape index (κ2) is 17.4. The Labute approximate surface area is 258 Å². The van der Waals surface area contributed by atoms with Crippen LogP contribution in [-0.2, 0) is 30.3 Å². The molecule has 0 bridgehead atoms. The molecule has 0 saturated carbocycles. The lowest BCUT2D eigenvalue weighted by Crippen LogP contribution is -2.50. The van der Waals surface area contributed by atoms with E-state index in [1.54, 1.807) is 19.1 Å². The van der Waals surface area contributed by atoms with Gasteiger partial charge in [-0.2, -0.15) is 0 Å². The summed E-state index contributed by atoms with van der Waals surface area (Å²) >= 11 is 0. The lowest BCUT2D eigenvalue weighted by molar-refractivity contribution is -0.150. The molecule has 3 aromatic rings. The highest BCUT2D eigenvalue weighted by atomic mass is 16.5. The average molecular weight is 600 g/mol. The number of benzene rings is 3. The first-order valence-electron chi connectivity index (χ1n) is 14.7. The Kier molecular flexibility index (Phi) is 13.3. The number of nitrogens with one attached hydrogen (secondary N) is 3. The van der Waals surface area contributed by atoms with Crippen LogP contribution < -0.4 is 16.0 Å². The first kappa shape index (κ1) is 33.7. The van der Waals surface area contributed by atoms with E-state index in [-0.39, 0.29) is 19.4 Å². The summed E-state index contributed by atoms with van der Waals surface area (Å²) in [6.07, 6.45) is 3.94. The molecule has 9 heteroatoms. The maximum Gasteiger partial charge on any atom is 0.309 e. The van der Waals surface area contributed by atoms with Gasteiger partial charge in [-0.25, -0.2) is 0 Å². The maximum atomic E-state index is 13.5. The smallest absolute Gasteiger partial charge is 0.309 e. The number of ether oxygens (including phenoxy) is 1. The van der Waals surface area contributed by atoms with Crippen LogP contribution >= 0.6 is 0 Å². The molecule has 232 valence electrons. The first-order valence-corrected chi connectivity index (χ1v) is 14.7. The van der Waals surface area contributed by atoms with Crippen LogP contribution in [0.25, 0.3) is 10.8 Å². The van der Waals surface area contributed by atoms with Gasteiger partial charge in [-0.05, 0) is 54.7 Å². The van der Waals surface area contributed by atoms with E-state index in [4.69, 9.17) is 4.74 Å². The fourth-order valence-corrected chi connectivity index (χ4v) is 4.70. The van der Waals surface area contributed by atoms with E-state index in [2.05, 4.69) is 29.1 Å². The van der Waals surface area contributed by atoms with Gasteiger partial charge in [-0.1, -0.05) is 72.8 Å². The summed E-state index contributed by atoms with van der Waals surface area (Å²) in [6, 6.07) is 20.9. The average Bonchev–Trinajstić information content (AvgIpc) is 3.02. The van der Waals surface area contributed by atoms with Crippen LogP contribution in [0.5, 0.6) is 0 Å². The number of fused-ring (bicyclic) bond motifs is 1. The van der Waals surface area contributed by atoms with E-state index < -0.39 is 54.2 Å². The zero-order valence-electron chi connectivity index (χ0n) is 25.0. The predicted octanol–water partition coefficient (Wildman–Crippen LogP) is 4.32. The normalized spacial score (nSPS) is 13.5. The molecule has 4 N–H and O–H groups in total. The summed E-state index contributed by atoms with van der Waals surface area (Å²) in [6.45, 7) is 8.42. The molecule has 3 rings (SSSR count). The van der Waals surface area contributed by atoms with Gasteiger partial charge in [0.15, 0.2) is 0 Å². The molecule has 9 nitrogen and oxygen atoms in total. The largest absolute Gasteiger partial charge is 0.463 e. The van der Waals surface area contributed by atoms with Gasteiger partial charge in [-0.15, -0.1) is 13.2 Å². The molecule has 3 aromatic carbocycles. The van der Waals surface area contributed by atoms with Gasteiger partial charge >= 0.3 is 5.97 Å². The number of hydrogen-bond acceptors (Lipinski definition) is 6. The molecule has 0 spiro atoms. The van der Waals surface area contributed by atoms with Crippen LogP contribution in [0.15, 0.2) is 98.1 Å². The molecule has 3 amide bonds. The van der Waals surface area contributed by atoms with Gasteiger partial charge in [0.25, 0.3) is 5.91 Å². The third-order valence-electron chi connectivity index (χ3n) is 7.09. The Morgan fingerprint density at radius 1 is 0.841 bits per heavy atom. The highest BCUT2D eigenvalue weighted by Gasteiger charge is 2.29. The number of esters is 1. The van der Waals surface area contributed by atoms with Crippen LogP contribution in [0.4, 0.5) is 5.69 Å². The fraction of sp³-hybridized carbons (Fsp3) is 0.314. The van der Waals surface area contributed by atoms with Crippen molar-refractivity contribution in [1.82, 2.24) is 10.6 Å². The van der Waals surface area contributed by atoms with E-state index in [1.165, 1.54) is 6.08 Å². The molecule has 4 atom stereocenters. The minimum absolute atomic E-state index is 0.171. The second-order valence-electron chi connectivity index (χ2n) is 10.7. The number of carbonyl (C=O) groups is 4. The summed E-state index contributed by atoms with van der Waals surface area (Å²) in [5.74, 6) is -3.46. The van der Waals surface area contributed by atoms with E-state index in [1.807, 2.05) is 66.7 Å². The molecule has 0 heterocycles. The zero-order valence-corrected chi connectivity index (χ0v) is 25.0. The van der Waals surface area contributed by atoms with Gasteiger partial charge in [0.05, 0.1) is 18.4 Å². The highest BCUT2D eigenvalue weighted by Crippen LogP contribution is 2.20. The van der Waals surface area contributed by atoms with Crippen molar-refractivity contribution in [1.29, 1.82) is 0 Å². The quantitative estimate of drug-likeness (QED) is 0.135. The third-order valence-corrected chi connectivity index (χ3v) is 7.09. The SMILES string of the molecule is C=CC[C@H](CC(=O)N[C@@H](C)CO)C(=O)N[C@@H](COC(=O)[C@@H](CC=C)Cc1ccccc1)C(=O)Nc1ccc2ccccc2c1. The van der Waals surface area contributed by atoms with Crippen LogP contribution in [0.2, 0.25) is 0 Å². The van der Waals surface area contributed by atoms with Crippen LogP contribution in [0.3, 0.4) is 0 Å². The van der Waals surface area contributed by atoms with E-state index in [0.717, 1.165) is 16.3 Å². The zero-order chi connectivity index (χ0) is 31.9. The first-order chi connectivity index (χ1) is 21.2. The van der Waals surface area contributed by atoms with Crippen molar-refractivity contribution in [2.45, 2.75) is 44.7 Å². The second-order valence-corrected chi connectivity index (χ2v) is 10.7. The molecule has 0 aromatic heterocycles. The van der Waals surface area contributed by atoms with Crippen molar-refractivity contribution in [3.8, 4) is 0 Å². The number of allylic oxidation sites excluding steroid dienone is 2.